The number of amides is 1. The highest BCUT2D eigenvalue weighted by atomic mass is 35.5. The van der Waals surface area contributed by atoms with Crippen LogP contribution in [0.15, 0.2) is 18.2 Å². The standard InChI is InChI=1S/C15H20Cl2N2O2/c1-9-7-11(18)5-6-19(9)15(20)10(2)21-12-3-4-13(16)14(17)8-12/h3-4,8-11H,5-7,18H2,1-2H3. The largest absolute Gasteiger partial charge is 0.481 e. The van der Waals surface area contributed by atoms with Gasteiger partial charge in [-0.25, -0.2) is 0 Å². The predicted octanol–water partition coefficient (Wildman–Crippen LogP) is 3.10. The summed E-state index contributed by atoms with van der Waals surface area (Å²) in [6.45, 7) is 4.44. The van der Waals surface area contributed by atoms with Gasteiger partial charge in [0.2, 0.25) is 0 Å². The molecule has 1 aromatic carbocycles. The summed E-state index contributed by atoms with van der Waals surface area (Å²) in [5, 5.41) is 0.868. The van der Waals surface area contributed by atoms with Gasteiger partial charge >= 0.3 is 0 Å². The van der Waals surface area contributed by atoms with Crippen LogP contribution < -0.4 is 10.5 Å². The summed E-state index contributed by atoms with van der Waals surface area (Å²) in [6, 6.07) is 5.28. The van der Waals surface area contributed by atoms with E-state index in [-0.39, 0.29) is 18.0 Å². The molecule has 3 atom stereocenters. The van der Waals surface area contributed by atoms with E-state index in [0.717, 1.165) is 12.8 Å². The normalized spacial score (nSPS) is 23.8. The summed E-state index contributed by atoms with van der Waals surface area (Å²) in [6.07, 6.45) is 1.08. The smallest absolute Gasteiger partial charge is 0.263 e. The summed E-state index contributed by atoms with van der Waals surface area (Å²) >= 11 is 11.8. The summed E-state index contributed by atoms with van der Waals surface area (Å²) in [7, 11) is 0. The van der Waals surface area contributed by atoms with Crippen molar-refractivity contribution in [2.24, 2.45) is 5.73 Å². The summed E-state index contributed by atoms with van der Waals surface area (Å²) in [5.41, 5.74) is 5.92. The van der Waals surface area contributed by atoms with Crippen molar-refractivity contribution in [3.63, 3.8) is 0 Å². The third kappa shape index (κ3) is 4.02. The Hall–Kier alpha value is -0.970. The molecule has 0 radical (unpaired) electrons. The third-order valence-corrected chi connectivity index (χ3v) is 4.49. The van der Waals surface area contributed by atoms with E-state index >= 15 is 0 Å². The topological polar surface area (TPSA) is 55.6 Å². The highest BCUT2D eigenvalue weighted by Gasteiger charge is 2.30. The highest BCUT2D eigenvalue weighted by Crippen LogP contribution is 2.27. The molecule has 1 aromatic rings. The number of nitrogens with two attached hydrogens (primary N) is 1. The average Bonchev–Trinajstić information content (AvgIpc) is 2.42. The van der Waals surface area contributed by atoms with Gasteiger partial charge in [0, 0.05) is 24.7 Å². The zero-order valence-corrected chi connectivity index (χ0v) is 13.7. The van der Waals surface area contributed by atoms with Crippen molar-refractivity contribution in [2.75, 3.05) is 6.54 Å². The minimum atomic E-state index is -0.570. The minimum Gasteiger partial charge on any atom is -0.481 e. The Kier molecular flexibility index (Phi) is 5.36. The molecule has 1 aliphatic rings. The molecule has 21 heavy (non-hydrogen) atoms. The molecule has 3 unspecified atom stereocenters. The predicted molar refractivity (Wildman–Crippen MR) is 84.9 cm³/mol. The Morgan fingerprint density at radius 2 is 2.14 bits per heavy atom. The van der Waals surface area contributed by atoms with Crippen molar-refractivity contribution in [1.29, 1.82) is 0 Å². The molecule has 1 amide bonds. The summed E-state index contributed by atoms with van der Waals surface area (Å²) < 4.78 is 5.67. The number of likely N-dealkylation sites (tertiary alicyclic amines) is 1. The van der Waals surface area contributed by atoms with E-state index in [4.69, 9.17) is 33.7 Å². The van der Waals surface area contributed by atoms with Crippen molar-refractivity contribution in [1.82, 2.24) is 4.90 Å². The van der Waals surface area contributed by atoms with Crippen LogP contribution in [0.1, 0.15) is 26.7 Å². The van der Waals surface area contributed by atoms with Crippen molar-refractivity contribution in [3.8, 4) is 5.75 Å². The van der Waals surface area contributed by atoms with Crippen LogP contribution in [0.3, 0.4) is 0 Å². The van der Waals surface area contributed by atoms with Crippen LogP contribution in [-0.2, 0) is 4.79 Å². The SMILES string of the molecule is CC(Oc1ccc(Cl)c(Cl)c1)C(=O)N1CCC(N)CC1C. The van der Waals surface area contributed by atoms with Crippen LogP contribution in [0.5, 0.6) is 5.75 Å². The van der Waals surface area contributed by atoms with Crippen molar-refractivity contribution in [2.45, 2.75) is 44.9 Å². The second kappa shape index (κ2) is 6.86. The summed E-state index contributed by atoms with van der Waals surface area (Å²) in [4.78, 5) is 14.3. The minimum absolute atomic E-state index is 0.0273. The number of hydrogen-bond acceptors (Lipinski definition) is 3. The number of hydrogen-bond donors (Lipinski definition) is 1. The van der Waals surface area contributed by atoms with E-state index in [1.165, 1.54) is 0 Å². The van der Waals surface area contributed by atoms with E-state index in [0.29, 0.717) is 22.3 Å². The maximum atomic E-state index is 12.5. The van der Waals surface area contributed by atoms with E-state index in [1.807, 2.05) is 11.8 Å². The second-order valence-electron chi connectivity index (χ2n) is 5.50. The van der Waals surface area contributed by atoms with Gasteiger partial charge < -0.3 is 15.4 Å². The van der Waals surface area contributed by atoms with E-state index in [2.05, 4.69) is 0 Å². The van der Waals surface area contributed by atoms with Crippen molar-refractivity contribution in [3.05, 3.63) is 28.2 Å². The molecule has 1 saturated heterocycles. The first-order valence-corrected chi connectivity index (χ1v) is 7.82. The zero-order chi connectivity index (χ0) is 15.6. The molecule has 1 heterocycles. The lowest BCUT2D eigenvalue weighted by Gasteiger charge is -2.37. The third-order valence-electron chi connectivity index (χ3n) is 3.75. The molecule has 1 aliphatic heterocycles. The van der Waals surface area contributed by atoms with E-state index in [9.17, 15) is 4.79 Å². The maximum Gasteiger partial charge on any atom is 0.263 e. The van der Waals surface area contributed by atoms with Crippen molar-refractivity contribution < 1.29 is 9.53 Å². The first kappa shape index (κ1) is 16.4. The van der Waals surface area contributed by atoms with Crippen LogP contribution >= 0.6 is 23.2 Å². The number of benzene rings is 1. The monoisotopic (exact) mass is 330 g/mol. The van der Waals surface area contributed by atoms with Gasteiger partial charge in [0.05, 0.1) is 10.0 Å². The Morgan fingerprint density at radius 3 is 2.76 bits per heavy atom. The molecule has 2 N–H and O–H groups in total. The molecular weight excluding hydrogens is 311 g/mol. The molecule has 116 valence electrons. The molecular formula is C15H20Cl2N2O2. The number of halogens is 2. The Labute approximate surface area is 135 Å². The van der Waals surface area contributed by atoms with E-state index in [1.54, 1.807) is 25.1 Å². The lowest BCUT2D eigenvalue weighted by atomic mass is 9.98. The lowest BCUT2D eigenvalue weighted by Crippen LogP contribution is -2.51. The van der Waals surface area contributed by atoms with Crippen LogP contribution in [-0.4, -0.2) is 35.5 Å². The first-order chi connectivity index (χ1) is 9.88. The van der Waals surface area contributed by atoms with Gasteiger partial charge in [-0.3, -0.25) is 4.79 Å². The molecule has 0 spiro atoms. The molecule has 1 fully saturated rings. The average molecular weight is 331 g/mol. The van der Waals surface area contributed by atoms with Crippen LogP contribution in [0.2, 0.25) is 10.0 Å². The van der Waals surface area contributed by atoms with Gasteiger partial charge in [-0.1, -0.05) is 23.2 Å². The second-order valence-corrected chi connectivity index (χ2v) is 6.32. The maximum absolute atomic E-state index is 12.5. The van der Waals surface area contributed by atoms with Gasteiger partial charge in [-0.2, -0.15) is 0 Å². The number of rotatable bonds is 3. The zero-order valence-electron chi connectivity index (χ0n) is 12.2. The fraction of sp³-hybridized carbons (Fsp3) is 0.533. The Balaban J connectivity index is 2.00. The van der Waals surface area contributed by atoms with Gasteiger partial charge in [0.1, 0.15) is 5.75 Å². The molecule has 0 aromatic heterocycles. The van der Waals surface area contributed by atoms with Gasteiger partial charge in [-0.05, 0) is 38.8 Å². The molecule has 4 nitrogen and oxygen atoms in total. The molecule has 0 saturated carbocycles. The van der Waals surface area contributed by atoms with Gasteiger partial charge in [0.25, 0.3) is 5.91 Å². The molecule has 2 rings (SSSR count). The summed E-state index contributed by atoms with van der Waals surface area (Å²) in [5.74, 6) is 0.507. The quantitative estimate of drug-likeness (QED) is 0.926. The highest BCUT2D eigenvalue weighted by molar-refractivity contribution is 6.42. The number of nitrogens with zero attached hydrogens (tertiary/aromatic N) is 1. The van der Waals surface area contributed by atoms with Gasteiger partial charge in [-0.15, -0.1) is 0 Å². The number of ether oxygens (including phenoxy) is 1. The van der Waals surface area contributed by atoms with E-state index < -0.39 is 6.10 Å². The van der Waals surface area contributed by atoms with Crippen LogP contribution in [0.4, 0.5) is 0 Å². The number of piperidine rings is 1. The Bertz CT molecular complexity index is 524. The molecule has 6 heteroatoms. The first-order valence-electron chi connectivity index (χ1n) is 7.06. The fourth-order valence-corrected chi connectivity index (χ4v) is 2.86. The number of carbonyl (C=O) groups excluding carboxylic acids is 1. The van der Waals surface area contributed by atoms with Crippen LogP contribution in [0, 0.1) is 0 Å². The molecule has 0 bridgehead atoms. The van der Waals surface area contributed by atoms with Gasteiger partial charge in [0.15, 0.2) is 6.10 Å². The molecule has 0 aliphatic carbocycles. The number of carbonyl (C=O) groups is 1. The van der Waals surface area contributed by atoms with Crippen molar-refractivity contribution >= 4 is 29.1 Å². The lowest BCUT2D eigenvalue weighted by molar-refractivity contribution is -0.141. The fourth-order valence-electron chi connectivity index (χ4n) is 2.57. The van der Waals surface area contributed by atoms with Crippen LogP contribution in [0.25, 0.3) is 0 Å². The Morgan fingerprint density at radius 1 is 1.43 bits per heavy atom.